The zero-order valence-corrected chi connectivity index (χ0v) is 14.4. The van der Waals surface area contributed by atoms with Crippen molar-refractivity contribution < 1.29 is 4.21 Å². The van der Waals surface area contributed by atoms with Gasteiger partial charge in [0.25, 0.3) is 0 Å². The molecule has 0 saturated heterocycles. The number of benzene rings is 1. The normalized spacial score (nSPS) is 26.3. The van der Waals surface area contributed by atoms with Gasteiger partial charge in [0.1, 0.15) is 0 Å². The summed E-state index contributed by atoms with van der Waals surface area (Å²) in [7, 11) is -0.730. The summed E-state index contributed by atoms with van der Waals surface area (Å²) in [4.78, 5) is 0. The van der Waals surface area contributed by atoms with Crippen LogP contribution in [0, 0.1) is 0 Å². The van der Waals surface area contributed by atoms with Gasteiger partial charge in [0, 0.05) is 22.6 Å². The molecule has 4 unspecified atom stereocenters. The Bertz CT molecular complexity index is 474. The van der Waals surface area contributed by atoms with Gasteiger partial charge >= 0.3 is 0 Å². The average molecular weight is 308 g/mol. The average Bonchev–Trinajstić information content (AvgIpc) is 2.50. The van der Waals surface area contributed by atoms with Crippen molar-refractivity contribution >= 4 is 10.8 Å². The molecule has 0 aliphatic heterocycles. The van der Waals surface area contributed by atoms with Gasteiger partial charge in [0.2, 0.25) is 0 Å². The Labute approximate surface area is 132 Å². The van der Waals surface area contributed by atoms with Crippen molar-refractivity contribution in [2.45, 2.75) is 63.7 Å². The SMILES string of the molecule is CCCCCS(=O)C1CC(C)c2ccccc2C1NCC. The largest absolute Gasteiger partial charge is 0.309 e. The Kier molecular flexibility index (Phi) is 6.43. The number of unbranched alkanes of at least 4 members (excludes halogenated alkanes) is 2. The maximum atomic E-state index is 12.8. The lowest BCUT2D eigenvalue weighted by Crippen LogP contribution is -2.40. The van der Waals surface area contributed by atoms with Gasteiger partial charge in [-0.3, -0.25) is 4.21 Å². The highest BCUT2D eigenvalue weighted by Gasteiger charge is 2.35. The summed E-state index contributed by atoms with van der Waals surface area (Å²) in [5.74, 6) is 1.37. The minimum Gasteiger partial charge on any atom is -0.309 e. The van der Waals surface area contributed by atoms with Crippen LogP contribution in [0.4, 0.5) is 0 Å². The van der Waals surface area contributed by atoms with Crippen LogP contribution in [0.1, 0.15) is 69.5 Å². The summed E-state index contributed by atoms with van der Waals surface area (Å²) in [6.45, 7) is 7.54. The van der Waals surface area contributed by atoms with E-state index in [1.807, 2.05) is 0 Å². The summed E-state index contributed by atoms with van der Waals surface area (Å²) in [5, 5.41) is 3.85. The summed E-state index contributed by atoms with van der Waals surface area (Å²) in [6, 6.07) is 8.94. The Morgan fingerprint density at radius 3 is 2.57 bits per heavy atom. The maximum absolute atomic E-state index is 12.8. The number of nitrogens with one attached hydrogen (secondary N) is 1. The van der Waals surface area contributed by atoms with Crippen LogP contribution >= 0.6 is 0 Å². The molecule has 1 aromatic carbocycles. The molecule has 1 N–H and O–H groups in total. The number of hydrogen-bond acceptors (Lipinski definition) is 2. The molecule has 0 amide bonds. The molecule has 0 radical (unpaired) electrons. The van der Waals surface area contributed by atoms with Crippen molar-refractivity contribution in [3.8, 4) is 0 Å². The predicted octanol–water partition coefficient (Wildman–Crippen LogP) is 4.15. The molecule has 1 aromatic rings. The lowest BCUT2D eigenvalue weighted by atomic mass is 9.80. The van der Waals surface area contributed by atoms with Crippen LogP contribution in [-0.2, 0) is 10.8 Å². The molecule has 0 bridgehead atoms. The zero-order valence-electron chi connectivity index (χ0n) is 13.6. The summed E-state index contributed by atoms with van der Waals surface area (Å²) in [6.07, 6.45) is 4.51. The van der Waals surface area contributed by atoms with E-state index in [4.69, 9.17) is 0 Å². The Hall–Kier alpha value is -0.670. The smallest absolute Gasteiger partial charge is 0.0548 e. The standard InChI is InChI=1S/C18H29NOS/c1-4-6-9-12-21(20)17-13-14(3)15-10-7-8-11-16(15)18(17)19-5-2/h7-8,10-11,14,17-19H,4-6,9,12-13H2,1-3H3. The fourth-order valence-electron chi connectivity index (χ4n) is 3.42. The summed E-state index contributed by atoms with van der Waals surface area (Å²) >= 11 is 0. The van der Waals surface area contributed by atoms with Crippen LogP contribution in [0.2, 0.25) is 0 Å². The third kappa shape index (κ3) is 3.95. The highest BCUT2D eigenvalue weighted by atomic mass is 32.2. The van der Waals surface area contributed by atoms with E-state index in [2.05, 4.69) is 50.4 Å². The van der Waals surface area contributed by atoms with Gasteiger partial charge in [-0.2, -0.15) is 0 Å². The van der Waals surface area contributed by atoms with E-state index in [-0.39, 0.29) is 11.3 Å². The molecule has 2 nitrogen and oxygen atoms in total. The van der Waals surface area contributed by atoms with Gasteiger partial charge in [-0.1, -0.05) is 57.9 Å². The molecular weight excluding hydrogens is 278 g/mol. The molecule has 0 aromatic heterocycles. The molecule has 0 saturated carbocycles. The molecule has 0 spiro atoms. The van der Waals surface area contributed by atoms with Crippen molar-refractivity contribution in [2.75, 3.05) is 12.3 Å². The Morgan fingerprint density at radius 1 is 1.19 bits per heavy atom. The second-order valence-electron chi connectivity index (χ2n) is 6.13. The minimum atomic E-state index is -0.730. The molecule has 0 fully saturated rings. The topological polar surface area (TPSA) is 29.1 Å². The first-order valence-electron chi connectivity index (χ1n) is 8.38. The van der Waals surface area contributed by atoms with Crippen LogP contribution < -0.4 is 5.32 Å². The molecule has 3 heteroatoms. The third-order valence-electron chi connectivity index (χ3n) is 4.53. The second kappa shape index (κ2) is 8.09. The fourth-order valence-corrected chi connectivity index (χ4v) is 5.26. The molecular formula is C18H29NOS. The first-order valence-corrected chi connectivity index (χ1v) is 9.76. The van der Waals surface area contributed by atoms with E-state index in [0.717, 1.165) is 25.1 Å². The number of rotatable bonds is 7. The molecule has 1 aliphatic carbocycles. The lowest BCUT2D eigenvalue weighted by Gasteiger charge is -2.37. The van der Waals surface area contributed by atoms with Gasteiger partial charge in [-0.25, -0.2) is 0 Å². The molecule has 118 valence electrons. The van der Waals surface area contributed by atoms with E-state index < -0.39 is 10.8 Å². The zero-order chi connectivity index (χ0) is 15.2. The van der Waals surface area contributed by atoms with Crippen LogP contribution in [0.15, 0.2) is 24.3 Å². The van der Waals surface area contributed by atoms with Crippen molar-refractivity contribution in [1.29, 1.82) is 0 Å². The quantitative estimate of drug-likeness (QED) is 0.767. The van der Waals surface area contributed by atoms with Crippen molar-refractivity contribution in [2.24, 2.45) is 0 Å². The highest BCUT2D eigenvalue weighted by Crippen LogP contribution is 2.39. The van der Waals surface area contributed by atoms with Crippen molar-refractivity contribution in [3.63, 3.8) is 0 Å². The first-order chi connectivity index (χ1) is 10.2. The molecule has 1 aliphatic rings. The van der Waals surface area contributed by atoms with E-state index in [1.54, 1.807) is 0 Å². The van der Waals surface area contributed by atoms with Crippen LogP contribution in [0.3, 0.4) is 0 Å². The van der Waals surface area contributed by atoms with E-state index >= 15 is 0 Å². The van der Waals surface area contributed by atoms with E-state index in [1.165, 1.54) is 24.0 Å². The molecule has 2 rings (SSSR count). The van der Waals surface area contributed by atoms with E-state index in [9.17, 15) is 4.21 Å². The number of hydrogen-bond donors (Lipinski definition) is 1. The second-order valence-corrected chi connectivity index (χ2v) is 7.91. The minimum absolute atomic E-state index is 0.254. The Balaban J connectivity index is 2.19. The molecule has 0 heterocycles. The predicted molar refractivity (Wildman–Crippen MR) is 92.2 cm³/mol. The highest BCUT2D eigenvalue weighted by molar-refractivity contribution is 7.85. The number of fused-ring (bicyclic) bond motifs is 1. The monoisotopic (exact) mass is 307 g/mol. The van der Waals surface area contributed by atoms with Gasteiger partial charge in [0.05, 0.1) is 5.25 Å². The van der Waals surface area contributed by atoms with E-state index in [0.29, 0.717) is 5.92 Å². The maximum Gasteiger partial charge on any atom is 0.0548 e. The van der Waals surface area contributed by atoms with Crippen molar-refractivity contribution in [3.05, 3.63) is 35.4 Å². The third-order valence-corrected chi connectivity index (χ3v) is 6.36. The summed E-state index contributed by atoms with van der Waals surface area (Å²) < 4.78 is 12.8. The Morgan fingerprint density at radius 2 is 1.90 bits per heavy atom. The first kappa shape index (κ1) is 16.7. The lowest BCUT2D eigenvalue weighted by molar-refractivity contribution is 0.444. The molecule has 4 atom stereocenters. The summed E-state index contributed by atoms with van der Waals surface area (Å²) in [5.41, 5.74) is 2.80. The van der Waals surface area contributed by atoms with Gasteiger partial charge in [-0.05, 0) is 36.4 Å². The van der Waals surface area contributed by atoms with Crippen molar-refractivity contribution in [1.82, 2.24) is 5.32 Å². The van der Waals surface area contributed by atoms with Crippen LogP contribution in [0.25, 0.3) is 0 Å². The van der Waals surface area contributed by atoms with Gasteiger partial charge < -0.3 is 5.32 Å². The van der Waals surface area contributed by atoms with Gasteiger partial charge in [-0.15, -0.1) is 0 Å². The van der Waals surface area contributed by atoms with Crippen LogP contribution in [0.5, 0.6) is 0 Å². The van der Waals surface area contributed by atoms with Crippen LogP contribution in [-0.4, -0.2) is 21.8 Å². The fraction of sp³-hybridized carbons (Fsp3) is 0.667. The van der Waals surface area contributed by atoms with Gasteiger partial charge in [0.15, 0.2) is 0 Å². The molecule has 21 heavy (non-hydrogen) atoms.